The van der Waals surface area contributed by atoms with Gasteiger partial charge < -0.3 is 10.6 Å². The Morgan fingerprint density at radius 3 is 2.39 bits per heavy atom. The van der Waals surface area contributed by atoms with Crippen LogP contribution in [0.15, 0.2) is 23.1 Å². The zero-order valence-corrected chi connectivity index (χ0v) is 18.9. The van der Waals surface area contributed by atoms with Crippen molar-refractivity contribution in [3.05, 3.63) is 23.8 Å². The minimum Gasteiger partial charge on any atom is -0.353 e. The molecular weight excluding hydrogens is 414 g/mol. The maximum Gasteiger partial charge on any atom is 0.243 e. The van der Waals surface area contributed by atoms with E-state index in [4.69, 9.17) is 0 Å². The average Bonchev–Trinajstić information content (AvgIpc) is 3.13. The number of fused-ring (bicyclic) bond motifs is 1. The Hall–Kier alpha value is -1.93. The summed E-state index contributed by atoms with van der Waals surface area (Å²) in [6, 6.07) is 5.24. The zero-order valence-electron chi connectivity index (χ0n) is 18.1. The lowest BCUT2D eigenvalue weighted by Crippen LogP contribution is -2.45. The number of nitrogens with one attached hydrogen (secondary N) is 2. The molecule has 2 heterocycles. The summed E-state index contributed by atoms with van der Waals surface area (Å²) < 4.78 is 27.9. The molecule has 1 saturated heterocycles. The van der Waals surface area contributed by atoms with Gasteiger partial charge in [0.2, 0.25) is 21.8 Å². The number of aryl methyl sites for hydroxylation is 1. The third-order valence-corrected chi connectivity index (χ3v) is 8.76. The quantitative estimate of drug-likeness (QED) is 0.693. The minimum atomic E-state index is -3.61. The van der Waals surface area contributed by atoms with Gasteiger partial charge in [0.05, 0.1) is 4.90 Å². The predicted molar refractivity (Wildman–Crippen MR) is 119 cm³/mol. The van der Waals surface area contributed by atoms with Crippen LogP contribution in [0.4, 0.5) is 5.69 Å². The molecule has 0 unspecified atom stereocenters. The van der Waals surface area contributed by atoms with Crippen LogP contribution in [-0.4, -0.2) is 43.7 Å². The standard InChI is InChI=1S/C23H33N3O4S/c27-22-9-5-6-18-16-20(10-11-21(18)25-22)31(29,30)26-14-12-17(13-15-26)23(28)24-19-7-3-1-2-4-8-19/h10-11,16-17,19H,1-9,12-15H2,(H,24,28)(H,25,27). The van der Waals surface area contributed by atoms with Crippen molar-refractivity contribution in [3.63, 3.8) is 0 Å². The van der Waals surface area contributed by atoms with Crippen molar-refractivity contribution < 1.29 is 18.0 Å². The lowest BCUT2D eigenvalue weighted by atomic mass is 9.96. The first kappa shape index (κ1) is 22.3. The van der Waals surface area contributed by atoms with Gasteiger partial charge in [0.15, 0.2) is 0 Å². The van der Waals surface area contributed by atoms with Crippen LogP contribution in [0.2, 0.25) is 0 Å². The summed E-state index contributed by atoms with van der Waals surface area (Å²) in [4.78, 5) is 24.7. The highest BCUT2D eigenvalue weighted by Crippen LogP contribution is 2.29. The van der Waals surface area contributed by atoms with Crippen LogP contribution in [0.25, 0.3) is 0 Å². The summed E-state index contributed by atoms with van der Waals surface area (Å²) >= 11 is 0. The Morgan fingerprint density at radius 2 is 1.68 bits per heavy atom. The molecule has 1 saturated carbocycles. The molecule has 4 rings (SSSR count). The average molecular weight is 448 g/mol. The summed E-state index contributed by atoms with van der Waals surface area (Å²) in [5, 5.41) is 6.06. The third-order valence-electron chi connectivity index (χ3n) is 6.86. The van der Waals surface area contributed by atoms with Gasteiger partial charge in [-0.15, -0.1) is 0 Å². The van der Waals surface area contributed by atoms with Crippen molar-refractivity contribution in [3.8, 4) is 0 Å². The van der Waals surface area contributed by atoms with Gasteiger partial charge in [-0.05, 0) is 62.3 Å². The fourth-order valence-electron chi connectivity index (χ4n) is 4.96. The number of amides is 2. The molecule has 0 bridgehead atoms. The maximum atomic E-state index is 13.2. The summed E-state index contributed by atoms with van der Waals surface area (Å²) in [6.45, 7) is 0.720. The van der Waals surface area contributed by atoms with Crippen molar-refractivity contribution in [2.24, 2.45) is 5.92 Å². The fraction of sp³-hybridized carbons (Fsp3) is 0.652. The Bertz CT molecular complexity index is 915. The Balaban J connectivity index is 1.37. The van der Waals surface area contributed by atoms with E-state index in [1.807, 2.05) is 0 Å². The molecule has 7 nitrogen and oxygen atoms in total. The molecule has 2 fully saturated rings. The van der Waals surface area contributed by atoms with Crippen LogP contribution in [0, 0.1) is 5.92 Å². The number of piperidine rings is 1. The van der Waals surface area contributed by atoms with Crippen molar-refractivity contribution in [1.29, 1.82) is 0 Å². The summed E-state index contributed by atoms with van der Waals surface area (Å²) in [6.07, 6.45) is 9.90. The van der Waals surface area contributed by atoms with Crippen LogP contribution in [0.5, 0.6) is 0 Å². The van der Waals surface area contributed by atoms with Gasteiger partial charge in [0, 0.05) is 37.2 Å². The van der Waals surface area contributed by atoms with Crippen molar-refractivity contribution in [2.75, 3.05) is 18.4 Å². The first-order chi connectivity index (χ1) is 14.9. The molecule has 0 atom stereocenters. The normalized spacial score (nSPS) is 22.1. The van der Waals surface area contributed by atoms with E-state index in [1.165, 1.54) is 30.0 Å². The van der Waals surface area contributed by atoms with E-state index in [0.29, 0.717) is 50.9 Å². The van der Waals surface area contributed by atoms with Crippen LogP contribution in [0.1, 0.15) is 69.8 Å². The van der Waals surface area contributed by atoms with Gasteiger partial charge >= 0.3 is 0 Å². The van der Waals surface area contributed by atoms with E-state index in [-0.39, 0.29) is 28.7 Å². The molecule has 2 amide bonds. The van der Waals surface area contributed by atoms with E-state index in [2.05, 4.69) is 10.6 Å². The Kier molecular flexibility index (Phi) is 6.96. The number of carbonyl (C=O) groups excluding carboxylic acids is 2. The number of anilines is 1. The highest BCUT2D eigenvalue weighted by molar-refractivity contribution is 7.89. The minimum absolute atomic E-state index is 0.0291. The van der Waals surface area contributed by atoms with Gasteiger partial charge in [0.1, 0.15) is 0 Å². The second-order valence-corrected chi connectivity index (χ2v) is 11.0. The van der Waals surface area contributed by atoms with E-state index < -0.39 is 10.0 Å². The molecular formula is C23H33N3O4S. The van der Waals surface area contributed by atoms with Gasteiger partial charge in [-0.2, -0.15) is 4.31 Å². The Morgan fingerprint density at radius 1 is 0.968 bits per heavy atom. The van der Waals surface area contributed by atoms with Crippen molar-refractivity contribution >= 4 is 27.5 Å². The van der Waals surface area contributed by atoms with Crippen LogP contribution in [-0.2, 0) is 26.0 Å². The number of sulfonamides is 1. The summed E-state index contributed by atoms with van der Waals surface area (Å²) in [7, 11) is -3.61. The monoisotopic (exact) mass is 447 g/mol. The number of benzene rings is 1. The first-order valence-corrected chi connectivity index (χ1v) is 13.1. The summed E-state index contributed by atoms with van der Waals surface area (Å²) in [5.74, 6) is -0.0553. The second-order valence-electron chi connectivity index (χ2n) is 9.10. The van der Waals surface area contributed by atoms with Crippen LogP contribution >= 0.6 is 0 Å². The van der Waals surface area contributed by atoms with Gasteiger partial charge in [-0.1, -0.05) is 25.7 Å². The molecule has 2 aliphatic heterocycles. The van der Waals surface area contributed by atoms with E-state index >= 15 is 0 Å². The smallest absolute Gasteiger partial charge is 0.243 e. The molecule has 0 spiro atoms. The third kappa shape index (κ3) is 5.29. The molecule has 1 aromatic carbocycles. The van der Waals surface area contributed by atoms with Crippen molar-refractivity contribution in [1.82, 2.24) is 9.62 Å². The highest BCUT2D eigenvalue weighted by Gasteiger charge is 2.33. The molecule has 1 aromatic rings. The maximum absolute atomic E-state index is 13.2. The molecule has 8 heteroatoms. The van der Waals surface area contributed by atoms with Gasteiger partial charge in [-0.3, -0.25) is 9.59 Å². The van der Waals surface area contributed by atoms with E-state index in [9.17, 15) is 18.0 Å². The lowest BCUT2D eigenvalue weighted by molar-refractivity contribution is -0.127. The first-order valence-electron chi connectivity index (χ1n) is 11.7. The SMILES string of the molecule is O=C1CCCc2cc(S(=O)(=O)N3CCC(C(=O)NC4CCCCCC4)CC3)ccc2N1. The lowest BCUT2D eigenvalue weighted by Gasteiger charge is -2.31. The molecule has 0 aromatic heterocycles. The molecule has 31 heavy (non-hydrogen) atoms. The number of hydrogen-bond donors (Lipinski definition) is 2. The number of rotatable bonds is 4. The van der Waals surface area contributed by atoms with Crippen molar-refractivity contribution in [2.45, 2.75) is 81.6 Å². The second kappa shape index (κ2) is 9.69. The zero-order chi connectivity index (χ0) is 21.8. The molecule has 1 aliphatic carbocycles. The number of carbonyl (C=O) groups is 2. The summed E-state index contributed by atoms with van der Waals surface area (Å²) in [5.41, 5.74) is 1.57. The number of nitrogens with zero attached hydrogens (tertiary/aromatic N) is 1. The molecule has 0 radical (unpaired) electrons. The van der Waals surface area contributed by atoms with E-state index in [1.54, 1.807) is 18.2 Å². The van der Waals surface area contributed by atoms with Gasteiger partial charge in [-0.25, -0.2) is 8.42 Å². The Labute approximate surface area is 185 Å². The van der Waals surface area contributed by atoms with Gasteiger partial charge in [0.25, 0.3) is 0 Å². The topological polar surface area (TPSA) is 95.6 Å². The fourth-order valence-corrected chi connectivity index (χ4v) is 6.48. The van der Waals surface area contributed by atoms with Crippen LogP contribution in [0.3, 0.4) is 0 Å². The number of hydrogen-bond acceptors (Lipinski definition) is 4. The van der Waals surface area contributed by atoms with Crippen LogP contribution < -0.4 is 10.6 Å². The van der Waals surface area contributed by atoms with E-state index in [0.717, 1.165) is 18.4 Å². The highest BCUT2D eigenvalue weighted by atomic mass is 32.2. The molecule has 170 valence electrons. The molecule has 2 N–H and O–H groups in total. The largest absolute Gasteiger partial charge is 0.353 e. The molecule has 3 aliphatic rings. The predicted octanol–water partition coefficient (Wildman–Crippen LogP) is 3.20.